The van der Waals surface area contributed by atoms with Gasteiger partial charge in [-0.15, -0.1) is 11.3 Å². The highest BCUT2D eigenvalue weighted by molar-refractivity contribution is 7.80. The summed E-state index contributed by atoms with van der Waals surface area (Å²) in [6.45, 7) is 5.51. The molecule has 0 amide bonds. The van der Waals surface area contributed by atoms with E-state index in [1.807, 2.05) is 11.3 Å². The van der Waals surface area contributed by atoms with Crippen molar-refractivity contribution in [3.05, 3.63) is 21.9 Å². The monoisotopic (exact) mass is 298 g/mol. The lowest BCUT2D eigenvalue weighted by Gasteiger charge is -2.08. The van der Waals surface area contributed by atoms with Gasteiger partial charge in [-0.05, 0) is 43.2 Å². The van der Waals surface area contributed by atoms with Gasteiger partial charge in [0.2, 0.25) is 0 Å². The second-order valence-corrected chi connectivity index (χ2v) is 6.61. The van der Waals surface area contributed by atoms with Crippen molar-refractivity contribution >= 4 is 28.7 Å². The minimum atomic E-state index is 0.538. The fourth-order valence-corrected chi connectivity index (χ4v) is 3.44. The molecule has 1 aliphatic rings. The van der Waals surface area contributed by atoms with E-state index in [1.165, 1.54) is 16.2 Å². The Balaban J connectivity index is 1.79. The molecule has 0 saturated carbocycles. The molecule has 6 heteroatoms. The fraction of sp³-hybridized carbons (Fsp3) is 0.615. The highest BCUT2D eigenvalue weighted by Gasteiger charge is 2.23. The van der Waals surface area contributed by atoms with Crippen molar-refractivity contribution in [3.63, 3.8) is 0 Å². The van der Waals surface area contributed by atoms with E-state index in [2.05, 4.69) is 35.0 Å². The maximum atomic E-state index is 5.41. The summed E-state index contributed by atoms with van der Waals surface area (Å²) in [4.78, 5) is 2.75. The Morgan fingerprint density at radius 1 is 1.53 bits per heavy atom. The summed E-state index contributed by atoms with van der Waals surface area (Å²) in [6, 6.07) is 4.95. The molecule has 1 aliphatic heterocycles. The third kappa shape index (κ3) is 4.42. The maximum absolute atomic E-state index is 5.41. The van der Waals surface area contributed by atoms with Crippen molar-refractivity contribution in [2.45, 2.75) is 25.9 Å². The first-order valence-electron chi connectivity index (χ1n) is 6.72. The lowest BCUT2D eigenvalue weighted by atomic mass is 10.1. The number of rotatable bonds is 5. The van der Waals surface area contributed by atoms with Crippen LogP contribution in [-0.2, 0) is 6.54 Å². The van der Waals surface area contributed by atoms with Crippen molar-refractivity contribution in [3.8, 4) is 0 Å². The fourth-order valence-electron chi connectivity index (χ4n) is 2.22. The molecular weight excluding hydrogens is 276 g/mol. The molecule has 1 saturated heterocycles. The lowest BCUT2D eigenvalue weighted by Crippen LogP contribution is -2.37. The van der Waals surface area contributed by atoms with Gasteiger partial charge in [-0.1, -0.05) is 6.92 Å². The third-order valence-corrected chi connectivity index (χ3v) is 4.72. The normalized spacial score (nSPS) is 22.4. The quantitative estimate of drug-likeness (QED) is 0.618. The van der Waals surface area contributed by atoms with E-state index in [-0.39, 0.29) is 0 Å². The SMILES string of the molecule is CC1CNC(c2ccc(CNC(=S)NCCN)s2)C1. The number of hydrogen-bond acceptors (Lipinski definition) is 4. The van der Waals surface area contributed by atoms with Crippen LogP contribution in [0.1, 0.15) is 29.1 Å². The van der Waals surface area contributed by atoms with Gasteiger partial charge in [-0.25, -0.2) is 0 Å². The topological polar surface area (TPSA) is 62.1 Å². The van der Waals surface area contributed by atoms with Crippen LogP contribution in [0.3, 0.4) is 0 Å². The van der Waals surface area contributed by atoms with Crippen LogP contribution in [0, 0.1) is 5.92 Å². The van der Waals surface area contributed by atoms with E-state index in [4.69, 9.17) is 18.0 Å². The van der Waals surface area contributed by atoms with Gasteiger partial charge in [0.05, 0.1) is 6.54 Å². The van der Waals surface area contributed by atoms with Gasteiger partial charge in [-0.2, -0.15) is 0 Å². The smallest absolute Gasteiger partial charge is 0.166 e. The molecule has 106 valence electrons. The van der Waals surface area contributed by atoms with Crippen LogP contribution in [0.4, 0.5) is 0 Å². The molecule has 4 nitrogen and oxygen atoms in total. The van der Waals surface area contributed by atoms with Crippen LogP contribution in [0.25, 0.3) is 0 Å². The summed E-state index contributed by atoms with van der Waals surface area (Å²) in [7, 11) is 0. The Bertz CT molecular complexity index is 419. The summed E-state index contributed by atoms with van der Waals surface area (Å²) < 4.78 is 0. The van der Waals surface area contributed by atoms with Crippen molar-refractivity contribution < 1.29 is 0 Å². The molecule has 5 N–H and O–H groups in total. The van der Waals surface area contributed by atoms with Gasteiger partial charge in [0, 0.05) is 28.9 Å². The third-order valence-electron chi connectivity index (χ3n) is 3.23. The first-order valence-corrected chi connectivity index (χ1v) is 7.95. The lowest BCUT2D eigenvalue weighted by molar-refractivity contribution is 0.618. The first-order chi connectivity index (χ1) is 9.19. The summed E-state index contributed by atoms with van der Waals surface area (Å²) in [5, 5.41) is 10.5. The molecule has 1 aromatic rings. The maximum Gasteiger partial charge on any atom is 0.166 e. The van der Waals surface area contributed by atoms with Gasteiger partial charge in [0.1, 0.15) is 0 Å². The number of nitrogens with one attached hydrogen (secondary N) is 3. The first kappa shape index (κ1) is 14.7. The molecule has 2 rings (SSSR count). The Morgan fingerprint density at radius 2 is 2.37 bits per heavy atom. The highest BCUT2D eigenvalue weighted by atomic mass is 32.1. The molecule has 0 aromatic carbocycles. The summed E-state index contributed by atoms with van der Waals surface area (Å²) >= 11 is 7.02. The van der Waals surface area contributed by atoms with Gasteiger partial charge in [0.15, 0.2) is 5.11 Å². The van der Waals surface area contributed by atoms with Crippen LogP contribution < -0.4 is 21.7 Å². The zero-order valence-corrected chi connectivity index (χ0v) is 12.9. The molecule has 2 heterocycles. The summed E-state index contributed by atoms with van der Waals surface area (Å²) in [5.41, 5.74) is 5.41. The van der Waals surface area contributed by atoms with Gasteiger partial charge in [0.25, 0.3) is 0 Å². The number of nitrogens with two attached hydrogens (primary N) is 1. The highest BCUT2D eigenvalue weighted by Crippen LogP contribution is 2.31. The minimum Gasteiger partial charge on any atom is -0.361 e. The second kappa shape index (κ2) is 7.19. The molecule has 1 fully saturated rings. The predicted octanol–water partition coefficient (Wildman–Crippen LogP) is 1.34. The number of thiocarbonyl (C=S) groups is 1. The predicted molar refractivity (Wildman–Crippen MR) is 85.3 cm³/mol. The molecule has 19 heavy (non-hydrogen) atoms. The van der Waals surface area contributed by atoms with Crippen LogP contribution in [0.5, 0.6) is 0 Å². The zero-order chi connectivity index (χ0) is 13.7. The molecule has 0 bridgehead atoms. The van der Waals surface area contributed by atoms with Crippen molar-refractivity contribution in [1.29, 1.82) is 0 Å². The van der Waals surface area contributed by atoms with Gasteiger partial charge < -0.3 is 21.7 Å². The Hall–Kier alpha value is -0.690. The van der Waals surface area contributed by atoms with E-state index in [1.54, 1.807) is 0 Å². The van der Waals surface area contributed by atoms with E-state index < -0.39 is 0 Å². The van der Waals surface area contributed by atoms with E-state index in [0.717, 1.165) is 19.0 Å². The zero-order valence-electron chi connectivity index (χ0n) is 11.2. The van der Waals surface area contributed by atoms with Crippen molar-refractivity contribution in [2.75, 3.05) is 19.6 Å². The largest absolute Gasteiger partial charge is 0.361 e. The average Bonchev–Trinajstić information content (AvgIpc) is 3.02. The van der Waals surface area contributed by atoms with Gasteiger partial charge >= 0.3 is 0 Å². The molecule has 0 radical (unpaired) electrons. The summed E-state index contributed by atoms with van der Waals surface area (Å²) in [5.74, 6) is 0.779. The Kier molecular flexibility index (Phi) is 5.57. The minimum absolute atomic E-state index is 0.538. The number of thiophene rings is 1. The average molecular weight is 298 g/mol. The molecule has 2 unspecified atom stereocenters. The van der Waals surface area contributed by atoms with Crippen molar-refractivity contribution in [2.24, 2.45) is 11.7 Å². The van der Waals surface area contributed by atoms with E-state index in [0.29, 0.717) is 24.2 Å². The van der Waals surface area contributed by atoms with Crippen LogP contribution in [0.15, 0.2) is 12.1 Å². The van der Waals surface area contributed by atoms with E-state index in [9.17, 15) is 0 Å². The van der Waals surface area contributed by atoms with Crippen molar-refractivity contribution in [1.82, 2.24) is 16.0 Å². The van der Waals surface area contributed by atoms with Crippen LogP contribution in [0.2, 0.25) is 0 Å². The number of hydrogen-bond donors (Lipinski definition) is 4. The standard InChI is InChI=1S/C13H22N4S2/c1-9-6-11(16-7-9)12-3-2-10(19-12)8-17-13(18)15-5-4-14/h2-3,9,11,16H,4-8,14H2,1H3,(H2,15,17,18). The van der Waals surface area contributed by atoms with Gasteiger partial charge in [-0.3, -0.25) is 0 Å². The van der Waals surface area contributed by atoms with Crippen LogP contribution >= 0.6 is 23.6 Å². The molecule has 0 spiro atoms. The second-order valence-electron chi connectivity index (χ2n) is 5.00. The summed E-state index contributed by atoms with van der Waals surface area (Å²) in [6.07, 6.45) is 1.24. The Labute approximate surface area is 124 Å². The molecule has 1 aromatic heterocycles. The molecule has 2 atom stereocenters. The van der Waals surface area contributed by atoms with E-state index >= 15 is 0 Å². The molecular formula is C13H22N4S2. The molecule has 0 aliphatic carbocycles. The Morgan fingerprint density at radius 3 is 3.05 bits per heavy atom. The van der Waals surface area contributed by atoms with Crippen LogP contribution in [-0.4, -0.2) is 24.7 Å².